The molecule has 0 aromatic rings. The first-order valence-electron chi connectivity index (χ1n) is 2.12. The molecule has 2 N–H and O–H groups in total. The number of nitrogens with two attached hydrogens (primary N) is 1. The number of methoxy groups -OCH3 is 1. The van der Waals surface area contributed by atoms with Crippen LogP contribution in [0.2, 0.25) is 0 Å². The number of rotatable bonds is 4. The third kappa shape index (κ3) is 5.39. The molecule has 0 fully saturated rings. The van der Waals surface area contributed by atoms with Crippen LogP contribution in [0.1, 0.15) is 0 Å². The summed E-state index contributed by atoms with van der Waals surface area (Å²) in [5, 5.41) is 0. The highest BCUT2D eigenvalue weighted by Crippen LogP contribution is 1.71. The molecular formula is C4H9NO3. The molecule has 4 nitrogen and oxygen atoms in total. The summed E-state index contributed by atoms with van der Waals surface area (Å²) in [6.45, 7) is 0.0385. The molecule has 0 aromatic heterocycles. The van der Waals surface area contributed by atoms with Crippen LogP contribution in [-0.2, 0) is 14.3 Å². The Morgan fingerprint density at radius 3 is 2.75 bits per heavy atom. The monoisotopic (exact) mass is 119 g/mol. The van der Waals surface area contributed by atoms with Crippen molar-refractivity contribution < 1.29 is 14.3 Å². The lowest BCUT2D eigenvalue weighted by atomic mass is 10.7. The fourth-order valence-electron chi connectivity index (χ4n) is 0.226. The molecule has 48 valence electrons. The van der Waals surface area contributed by atoms with Crippen molar-refractivity contribution in [2.75, 3.05) is 20.5 Å². The van der Waals surface area contributed by atoms with E-state index in [0.717, 1.165) is 0 Å². The first-order valence-corrected chi connectivity index (χ1v) is 2.12. The zero-order valence-corrected chi connectivity index (χ0v) is 4.72. The van der Waals surface area contributed by atoms with E-state index >= 15 is 0 Å². The van der Waals surface area contributed by atoms with Crippen LogP contribution in [0.5, 0.6) is 0 Å². The van der Waals surface area contributed by atoms with Gasteiger partial charge in [-0.3, -0.25) is 4.79 Å². The van der Waals surface area contributed by atoms with Crippen molar-refractivity contribution >= 4 is 5.91 Å². The van der Waals surface area contributed by atoms with E-state index in [9.17, 15) is 4.79 Å². The summed E-state index contributed by atoms with van der Waals surface area (Å²) in [6.07, 6.45) is 0. The number of amides is 1. The molecule has 0 bridgehead atoms. The molecule has 0 aliphatic heterocycles. The number of hydrogen-bond acceptors (Lipinski definition) is 3. The molecule has 0 rings (SSSR count). The van der Waals surface area contributed by atoms with Crippen LogP contribution in [0.15, 0.2) is 0 Å². The van der Waals surface area contributed by atoms with E-state index in [4.69, 9.17) is 5.73 Å². The largest absolute Gasteiger partial charge is 0.368 e. The smallest absolute Gasteiger partial charge is 0.243 e. The highest BCUT2D eigenvalue weighted by atomic mass is 16.7. The summed E-state index contributed by atoms with van der Waals surface area (Å²) in [7, 11) is 1.47. The first kappa shape index (κ1) is 7.39. The number of hydrogen-bond donors (Lipinski definition) is 1. The topological polar surface area (TPSA) is 61.6 Å². The molecule has 0 aliphatic carbocycles. The van der Waals surface area contributed by atoms with Gasteiger partial charge >= 0.3 is 0 Å². The summed E-state index contributed by atoms with van der Waals surface area (Å²) in [5.74, 6) is -0.484. The van der Waals surface area contributed by atoms with Gasteiger partial charge in [0.15, 0.2) is 0 Å². The molecule has 0 saturated heterocycles. The van der Waals surface area contributed by atoms with Crippen molar-refractivity contribution in [2.24, 2.45) is 5.73 Å². The van der Waals surface area contributed by atoms with Gasteiger partial charge in [-0.1, -0.05) is 0 Å². The van der Waals surface area contributed by atoms with Gasteiger partial charge in [0.2, 0.25) is 5.91 Å². The van der Waals surface area contributed by atoms with Crippen LogP contribution >= 0.6 is 0 Å². The van der Waals surface area contributed by atoms with E-state index in [1.165, 1.54) is 7.11 Å². The Kier molecular flexibility index (Phi) is 4.20. The Balaban J connectivity index is 2.82. The minimum atomic E-state index is -0.484. The zero-order chi connectivity index (χ0) is 6.41. The maximum Gasteiger partial charge on any atom is 0.243 e. The van der Waals surface area contributed by atoms with Gasteiger partial charge in [0.1, 0.15) is 13.4 Å². The minimum absolute atomic E-state index is 0.0756. The minimum Gasteiger partial charge on any atom is -0.368 e. The van der Waals surface area contributed by atoms with Crippen LogP contribution in [-0.4, -0.2) is 26.4 Å². The Labute approximate surface area is 47.6 Å². The molecule has 0 atom stereocenters. The van der Waals surface area contributed by atoms with Gasteiger partial charge in [-0.05, 0) is 0 Å². The van der Waals surface area contributed by atoms with Gasteiger partial charge in [0.05, 0.1) is 0 Å². The highest BCUT2D eigenvalue weighted by Gasteiger charge is 1.89. The van der Waals surface area contributed by atoms with Crippen molar-refractivity contribution in [2.45, 2.75) is 0 Å². The molecule has 0 aliphatic rings. The number of carbonyl (C=O) groups excluding carboxylic acids is 1. The highest BCUT2D eigenvalue weighted by molar-refractivity contribution is 5.74. The maximum absolute atomic E-state index is 9.92. The Bertz CT molecular complexity index is 73.7. The second-order valence-corrected chi connectivity index (χ2v) is 1.22. The molecule has 1 amide bonds. The lowest BCUT2D eigenvalue weighted by molar-refractivity contribution is -0.127. The normalized spacial score (nSPS) is 9.12. The van der Waals surface area contributed by atoms with E-state index < -0.39 is 5.91 Å². The first-order chi connectivity index (χ1) is 3.77. The second kappa shape index (κ2) is 4.55. The lowest BCUT2D eigenvalue weighted by Gasteiger charge is -1.96. The molecule has 4 heteroatoms. The van der Waals surface area contributed by atoms with E-state index in [0.29, 0.717) is 0 Å². The molecule has 0 aromatic carbocycles. The van der Waals surface area contributed by atoms with E-state index in [1.807, 2.05) is 0 Å². The zero-order valence-electron chi connectivity index (χ0n) is 4.72. The molecule has 0 heterocycles. The Morgan fingerprint density at radius 1 is 1.75 bits per heavy atom. The van der Waals surface area contributed by atoms with Crippen LogP contribution in [0.4, 0.5) is 0 Å². The number of ether oxygens (including phenoxy) is 2. The number of carbonyl (C=O) groups is 1. The predicted octanol–water partition coefficient (Wildman–Crippen LogP) is -0.908. The standard InChI is InChI=1S/C4H9NO3/c1-7-3-8-2-4(5)6/h2-3H2,1H3,(H2,5,6). The Morgan fingerprint density at radius 2 is 2.38 bits per heavy atom. The average Bonchev–Trinajstić information content (AvgIpc) is 1.66. The molecular weight excluding hydrogens is 110 g/mol. The third-order valence-electron chi connectivity index (χ3n) is 0.446. The average molecular weight is 119 g/mol. The summed E-state index contributed by atoms with van der Waals surface area (Å²) in [5.41, 5.74) is 4.71. The number of primary amides is 1. The lowest BCUT2D eigenvalue weighted by Crippen LogP contribution is -2.18. The molecule has 0 spiro atoms. The van der Waals surface area contributed by atoms with Crippen LogP contribution < -0.4 is 5.73 Å². The quantitative estimate of drug-likeness (QED) is 0.385. The third-order valence-corrected chi connectivity index (χ3v) is 0.446. The van der Waals surface area contributed by atoms with Crippen molar-refractivity contribution in [3.8, 4) is 0 Å². The fourth-order valence-corrected chi connectivity index (χ4v) is 0.226. The molecule has 0 saturated carbocycles. The summed E-state index contributed by atoms with van der Waals surface area (Å²) in [4.78, 5) is 9.92. The van der Waals surface area contributed by atoms with E-state index in [-0.39, 0.29) is 13.4 Å². The fraction of sp³-hybridized carbons (Fsp3) is 0.750. The molecule has 8 heavy (non-hydrogen) atoms. The van der Waals surface area contributed by atoms with E-state index in [1.54, 1.807) is 0 Å². The summed E-state index contributed by atoms with van der Waals surface area (Å²) in [6, 6.07) is 0. The van der Waals surface area contributed by atoms with Gasteiger partial charge in [-0.25, -0.2) is 0 Å². The Hall–Kier alpha value is -0.610. The van der Waals surface area contributed by atoms with E-state index in [2.05, 4.69) is 9.47 Å². The van der Waals surface area contributed by atoms with Crippen molar-refractivity contribution in [1.29, 1.82) is 0 Å². The van der Waals surface area contributed by atoms with Gasteiger partial charge < -0.3 is 15.2 Å². The van der Waals surface area contributed by atoms with Crippen LogP contribution in [0.25, 0.3) is 0 Å². The van der Waals surface area contributed by atoms with Gasteiger partial charge in [0.25, 0.3) is 0 Å². The van der Waals surface area contributed by atoms with Gasteiger partial charge in [-0.2, -0.15) is 0 Å². The summed E-state index contributed by atoms with van der Waals surface area (Å²) >= 11 is 0. The maximum atomic E-state index is 9.92. The van der Waals surface area contributed by atoms with Crippen molar-refractivity contribution in [1.82, 2.24) is 0 Å². The van der Waals surface area contributed by atoms with Crippen molar-refractivity contribution in [3.05, 3.63) is 0 Å². The predicted molar refractivity (Wildman–Crippen MR) is 27.0 cm³/mol. The molecule has 0 radical (unpaired) electrons. The van der Waals surface area contributed by atoms with Crippen LogP contribution in [0.3, 0.4) is 0 Å². The SMILES string of the molecule is COCOCC(N)=O. The molecule has 0 unspecified atom stereocenters. The van der Waals surface area contributed by atoms with Gasteiger partial charge in [0, 0.05) is 7.11 Å². The van der Waals surface area contributed by atoms with Crippen molar-refractivity contribution in [3.63, 3.8) is 0 Å². The van der Waals surface area contributed by atoms with Gasteiger partial charge in [-0.15, -0.1) is 0 Å². The van der Waals surface area contributed by atoms with Crippen LogP contribution in [0, 0.1) is 0 Å². The summed E-state index contributed by atoms with van der Waals surface area (Å²) < 4.78 is 9.01. The second-order valence-electron chi connectivity index (χ2n) is 1.22.